The molecule has 1 N–H and O–H groups in total. The standard InChI is InChI=1S/C15H20N2OS/c1-3-16-10-13-11-19-15(17-13)7-8-18-14-6-4-5-12(2)9-14/h4-6,9,11,16H,3,7-8,10H2,1-2H3. The molecule has 0 aliphatic rings. The van der Waals surface area contributed by atoms with Crippen molar-refractivity contribution >= 4 is 11.3 Å². The number of hydrogen-bond donors (Lipinski definition) is 1. The van der Waals surface area contributed by atoms with Crippen LogP contribution in [0.15, 0.2) is 29.6 Å². The van der Waals surface area contributed by atoms with Crippen LogP contribution < -0.4 is 10.1 Å². The summed E-state index contributed by atoms with van der Waals surface area (Å²) in [5.41, 5.74) is 2.34. The van der Waals surface area contributed by atoms with Gasteiger partial charge in [0.25, 0.3) is 0 Å². The number of hydrogen-bond acceptors (Lipinski definition) is 4. The SMILES string of the molecule is CCNCc1csc(CCOc2cccc(C)c2)n1. The molecule has 1 aromatic carbocycles. The summed E-state index contributed by atoms with van der Waals surface area (Å²) in [6.07, 6.45) is 0.866. The van der Waals surface area contributed by atoms with Crippen molar-refractivity contribution in [2.75, 3.05) is 13.2 Å². The van der Waals surface area contributed by atoms with Crippen molar-refractivity contribution in [3.8, 4) is 5.75 Å². The molecule has 4 heteroatoms. The maximum Gasteiger partial charge on any atom is 0.119 e. The summed E-state index contributed by atoms with van der Waals surface area (Å²) in [4.78, 5) is 4.57. The van der Waals surface area contributed by atoms with Crippen molar-refractivity contribution in [3.05, 3.63) is 45.9 Å². The van der Waals surface area contributed by atoms with Crippen LogP contribution in [0.3, 0.4) is 0 Å². The first-order chi connectivity index (χ1) is 9.28. The molecule has 19 heavy (non-hydrogen) atoms. The number of thiazole rings is 1. The lowest BCUT2D eigenvalue weighted by Crippen LogP contribution is -2.12. The fraction of sp³-hybridized carbons (Fsp3) is 0.400. The Kier molecular flexibility index (Phi) is 5.36. The third-order valence-electron chi connectivity index (χ3n) is 2.73. The van der Waals surface area contributed by atoms with Crippen molar-refractivity contribution in [1.29, 1.82) is 0 Å². The fourth-order valence-electron chi connectivity index (χ4n) is 1.76. The van der Waals surface area contributed by atoms with E-state index in [0.717, 1.165) is 36.0 Å². The smallest absolute Gasteiger partial charge is 0.119 e. The first-order valence-corrected chi connectivity index (χ1v) is 7.49. The highest BCUT2D eigenvalue weighted by molar-refractivity contribution is 7.09. The number of nitrogens with zero attached hydrogens (tertiary/aromatic N) is 1. The second-order valence-electron chi connectivity index (χ2n) is 4.43. The molecule has 0 bridgehead atoms. The van der Waals surface area contributed by atoms with E-state index < -0.39 is 0 Å². The van der Waals surface area contributed by atoms with Crippen LogP contribution in [-0.2, 0) is 13.0 Å². The maximum atomic E-state index is 5.73. The molecule has 102 valence electrons. The summed E-state index contributed by atoms with van der Waals surface area (Å²) in [7, 11) is 0. The Morgan fingerprint density at radius 1 is 1.37 bits per heavy atom. The van der Waals surface area contributed by atoms with Gasteiger partial charge in [-0.1, -0.05) is 19.1 Å². The topological polar surface area (TPSA) is 34.1 Å². The normalized spacial score (nSPS) is 10.6. The minimum absolute atomic E-state index is 0.678. The molecule has 0 saturated carbocycles. The van der Waals surface area contributed by atoms with E-state index in [1.807, 2.05) is 12.1 Å². The average Bonchev–Trinajstić information content (AvgIpc) is 2.84. The van der Waals surface area contributed by atoms with Crippen LogP contribution in [0.5, 0.6) is 5.75 Å². The van der Waals surface area contributed by atoms with Crippen LogP contribution >= 0.6 is 11.3 Å². The van der Waals surface area contributed by atoms with Crippen LogP contribution in [0.2, 0.25) is 0 Å². The molecule has 0 spiro atoms. The Balaban J connectivity index is 1.77. The summed E-state index contributed by atoms with van der Waals surface area (Å²) in [5, 5.41) is 6.53. The van der Waals surface area contributed by atoms with Gasteiger partial charge in [-0.25, -0.2) is 4.98 Å². The summed E-state index contributed by atoms with van der Waals surface area (Å²) in [5.74, 6) is 0.935. The molecule has 0 unspecified atom stereocenters. The number of aryl methyl sites for hydroxylation is 1. The van der Waals surface area contributed by atoms with Crippen LogP contribution in [-0.4, -0.2) is 18.1 Å². The highest BCUT2D eigenvalue weighted by Gasteiger charge is 2.02. The van der Waals surface area contributed by atoms with Gasteiger partial charge in [0, 0.05) is 18.3 Å². The lowest BCUT2D eigenvalue weighted by atomic mass is 10.2. The van der Waals surface area contributed by atoms with Gasteiger partial charge in [-0.15, -0.1) is 11.3 Å². The van der Waals surface area contributed by atoms with Gasteiger partial charge in [-0.3, -0.25) is 0 Å². The Morgan fingerprint density at radius 3 is 3.05 bits per heavy atom. The van der Waals surface area contributed by atoms with Crippen molar-refractivity contribution < 1.29 is 4.74 Å². The van der Waals surface area contributed by atoms with Gasteiger partial charge in [0.15, 0.2) is 0 Å². The van der Waals surface area contributed by atoms with Crippen LogP contribution in [0, 0.1) is 6.92 Å². The van der Waals surface area contributed by atoms with Gasteiger partial charge in [0.1, 0.15) is 5.75 Å². The number of ether oxygens (including phenoxy) is 1. The van der Waals surface area contributed by atoms with Crippen molar-refractivity contribution in [1.82, 2.24) is 10.3 Å². The second kappa shape index (κ2) is 7.26. The van der Waals surface area contributed by atoms with Gasteiger partial charge in [0.05, 0.1) is 17.3 Å². The van der Waals surface area contributed by atoms with E-state index in [0.29, 0.717) is 6.61 Å². The molecule has 0 amide bonds. The lowest BCUT2D eigenvalue weighted by molar-refractivity contribution is 0.321. The third-order valence-corrected chi connectivity index (χ3v) is 3.69. The summed E-state index contributed by atoms with van der Waals surface area (Å²) >= 11 is 1.71. The molecule has 0 radical (unpaired) electrons. The Hall–Kier alpha value is -1.39. The number of aromatic nitrogens is 1. The Labute approximate surface area is 118 Å². The molecule has 0 fully saturated rings. The second-order valence-corrected chi connectivity index (χ2v) is 5.37. The van der Waals surface area contributed by atoms with Crippen LogP contribution in [0.25, 0.3) is 0 Å². The van der Waals surface area contributed by atoms with Gasteiger partial charge in [-0.2, -0.15) is 0 Å². The zero-order valence-electron chi connectivity index (χ0n) is 11.5. The van der Waals surface area contributed by atoms with Crippen molar-refractivity contribution in [3.63, 3.8) is 0 Å². The van der Waals surface area contributed by atoms with Crippen molar-refractivity contribution in [2.45, 2.75) is 26.8 Å². The zero-order valence-corrected chi connectivity index (χ0v) is 12.3. The first-order valence-electron chi connectivity index (χ1n) is 6.61. The average molecular weight is 276 g/mol. The third kappa shape index (κ3) is 4.65. The summed E-state index contributed by atoms with van der Waals surface area (Å²) in [6.45, 7) is 6.68. The number of nitrogens with one attached hydrogen (secondary N) is 1. The van der Waals surface area contributed by atoms with E-state index in [2.05, 4.69) is 41.7 Å². The van der Waals surface area contributed by atoms with Gasteiger partial charge in [-0.05, 0) is 31.2 Å². The molecule has 2 aromatic rings. The van der Waals surface area contributed by atoms with Gasteiger partial charge < -0.3 is 10.1 Å². The zero-order chi connectivity index (χ0) is 13.5. The summed E-state index contributed by atoms with van der Waals surface area (Å²) in [6, 6.07) is 8.13. The van der Waals surface area contributed by atoms with E-state index in [9.17, 15) is 0 Å². The molecular weight excluding hydrogens is 256 g/mol. The highest BCUT2D eigenvalue weighted by atomic mass is 32.1. The maximum absolute atomic E-state index is 5.73. The number of rotatable bonds is 7. The minimum atomic E-state index is 0.678. The van der Waals surface area contributed by atoms with E-state index >= 15 is 0 Å². The largest absolute Gasteiger partial charge is 0.493 e. The Morgan fingerprint density at radius 2 is 2.26 bits per heavy atom. The molecule has 2 rings (SSSR count). The predicted octanol–water partition coefficient (Wildman–Crippen LogP) is 3.18. The van der Waals surface area contributed by atoms with E-state index in [4.69, 9.17) is 4.74 Å². The molecular formula is C15H20N2OS. The van der Waals surface area contributed by atoms with E-state index in [1.54, 1.807) is 11.3 Å². The van der Waals surface area contributed by atoms with Crippen LogP contribution in [0.1, 0.15) is 23.2 Å². The molecule has 0 saturated heterocycles. The van der Waals surface area contributed by atoms with Crippen molar-refractivity contribution in [2.24, 2.45) is 0 Å². The van der Waals surface area contributed by atoms with Gasteiger partial charge >= 0.3 is 0 Å². The Bertz CT molecular complexity index is 510. The highest BCUT2D eigenvalue weighted by Crippen LogP contribution is 2.14. The minimum Gasteiger partial charge on any atom is -0.493 e. The molecule has 0 aliphatic carbocycles. The summed E-state index contributed by atoms with van der Waals surface area (Å²) < 4.78 is 5.73. The van der Waals surface area contributed by atoms with Crippen LogP contribution in [0.4, 0.5) is 0 Å². The molecule has 1 aromatic heterocycles. The molecule has 1 heterocycles. The number of benzene rings is 1. The quantitative estimate of drug-likeness (QED) is 0.843. The fourth-order valence-corrected chi connectivity index (χ4v) is 2.54. The van der Waals surface area contributed by atoms with Gasteiger partial charge in [0.2, 0.25) is 0 Å². The lowest BCUT2D eigenvalue weighted by Gasteiger charge is -2.05. The molecule has 0 aliphatic heterocycles. The van der Waals surface area contributed by atoms with E-state index in [-0.39, 0.29) is 0 Å². The monoisotopic (exact) mass is 276 g/mol. The predicted molar refractivity (Wildman–Crippen MR) is 79.9 cm³/mol. The molecule has 0 atom stereocenters. The first kappa shape index (κ1) is 14.0. The van der Waals surface area contributed by atoms with E-state index in [1.165, 1.54) is 5.56 Å². The molecule has 3 nitrogen and oxygen atoms in total.